The van der Waals surface area contributed by atoms with Crippen LogP contribution in [0.5, 0.6) is 0 Å². The Bertz CT molecular complexity index is 1750. The molecule has 4 aliphatic heterocycles. The molecule has 0 N–H and O–H groups in total. The number of carbonyl (C=O) groups is 1. The van der Waals surface area contributed by atoms with E-state index in [-0.39, 0.29) is 65.6 Å². The summed E-state index contributed by atoms with van der Waals surface area (Å²) in [6.45, 7) is 5.80. The van der Waals surface area contributed by atoms with E-state index in [1.54, 1.807) is 6.92 Å². The van der Waals surface area contributed by atoms with Crippen LogP contribution in [0.3, 0.4) is 0 Å². The summed E-state index contributed by atoms with van der Waals surface area (Å²) in [6, 6.07) is 0.402. The first-order valence-electron chi connectivity index (χ1n) is 29.8. The van der Waals surface area contributed by atoms with Gasteiger partial charge in [-0.2, -0.15) is 0 Å². The zero-order valence-electron chi connectivity index (χ0n) is 43.8. The van der Waals surface area contributed by atoms with E-state index >= 15 is 0 Å². The van der Waals surface area contributed by atoms with Gasteiger partial charge < -0.3 is 54.1 Å². The number of fused-ring (bicyclic) bond motifs is 4. The first-order chi connectivity index (χ1) is 35.1. The van der Waals surface area contributed by atoms with E-state index in [0.717, 1.165) is 180 Å². The quantitative estimate of drug-likeness (QED) is 0.0706. The minimum absolute atomic E-state index is 0.00682. The number of carbonyl (C=O) groups excluding carboxylic acids is 1. The topological polar surface area (TPSA) is 137 Å². The molecule has 404 valence electrons. The maximum atomic E-state index is 13.1. The molecule has 11 rings (SSSR count). The summed E-state index contributed by atoms with van der Waals surface area (Å²) >= 11 is 0. The second-order valence-corrected chi connectivity index (χ2v) is 49.1. The molecule has 6 bridgehead atoms. The lowest BCUT2D eigenvalue weighted by Gasteiger charge is -2.64. The Morgan fingerprint density at radius 2 is 0.736 bits per heavy atom. The summed E-state index contributed by atoms with van der Waals surface area (Å²) in [5.74, 6) is -0.390. The van der Waals surface area contributed by atoms with Crippen LogP contribution in [-0.2, 0) is 58.9 Å². The van der Waals surface area contributed by atoms with Crippen molar-refractivity contribution in [1.29, 1.82) is 0 Å². The Morgan fingerprint density at radius 3 is 1.07 bits per heavy atom. The molecule has 4 heterocycles. The molecule has 4 unspecified atom stereocenters. The fourth-order valence-electron chi connectivity index (χ4n) is 14.8. The maximum absolute atomic E-state index is 13.1. The van der Waals surface area contributed by atoms with Crippen LogP contribution in [0, 0.1) is 0 Å². The van der Waals surface area contributed by atoms with E-state index < -0.39 is 61.6 Å². The largest absolute Gasteiger partial charge is 0.482 e. The number of hydrogen-bond acceptors (Lipinski definition) is 14. The van der Waals surface area contributed by atoms with E-state index in [2.05, 4.69) is 6.58 Å². The Labute approximate surface area is 445 Å². The lowest BCUT2D eigenvalue weighted by Crippen LogP contribution is -2.86. The maximum Gasteiger partial charge on any atom is 0.482 e. The highest BCUT2D eigenvalue weighted by Crippen LogP contribution is 2.62. The number of esters is 1. The number of hydrogen-bond donors (Lipinski definition) is 0. The van der Waals surface area contributed by atoms with Gasteiger partial charge in [-0.15, -0.1) is 0 Å². The van der Waals surface area contributed by atoms with Crippen molar-refractivity contribution >= 4 is 87.4 Å². The molecular formula is C49H88O14Si9. The molecule has 23 heteroatoms. The van der Waals surface area contributed by atoms with Crippen molar-refractivity contribution in [3.63, 3.8) is 0 Å². The van der Waals surface area contributed by atoms with Gasteiger partial charge in [-0.05, 0) is 95.9 Å². The van der Waals surface area contributed by atoms with E-state index in [1.165, 1.54) is 44.9 Å². The van der Waals surface area contributed by atoms with Crippen molar-refractivity contribution in [2.75, 3.05) is 6.61 Å². The van der Waals surface area contributed by atoms with E-state index in [0.29, 0.717) is 23.6 Å². The average molecular weight is 1150 g/mol. The first kappa shape index (κ1) is 54.6. The Balaban J connectivity index is 1.18. The predicted octanol–water partition coefficient (Wildman–Crippen LogP) is 13.2. The molecule has 0 aromatic carbocycles. The van der Waals surface area contributed by atoms with Gasteiger partial charge >= 0.3 is 77.6 Å². The van der Waals surface area contributed by atoms with Crippen molar-refractivity contribution in [2.24, 2.45) is 0 Å². The Kier molecular flexibility index (Phi) is 18.1. The second kappa shape index (κ2) is 23.8. The van der Waals surface area contributed by atoms with Crippen molar-refractivity contribution in [3.8, 4) is 0 Å². The smallest absolute Gasteiger partial charge is 0.462 e. The van der Waals surface area contributed by atoms with Crippen LogP contribution >= 0.6 is 0 Å². The van der Waals surface area contributed by atoms with E-state index in [9.17, 15) is 4.79 Å². The highest BCUT2D eigenvalue weighted by molar-refractivity contribution is 7.01. The van der Waals surface area contributed by atoms with Gasteiger partial charge in [0.15, 0.2) is 0 Å². The predicted molar refractivity (Wildman–Crippen MR) is 288 cm³/mol. The summed E-state index contributed by atoms with van der Waals surface area (Å²) in [7, 11) is -28.6. The van der Waals surface area contributed by atoms with E-state index in [1.807, 2.05) is 0 Å². The molecule has 4 radical (unpaired) electrons. The minimum atomic E-state index is -4.17. The van der Waals surface area contributed by atoms with Gasteiger partial charge in [0, 0.05) is 44.9 Å². The van der Waals surface area contributed by atoms with Gasteiger partial charge in [0.2, 0.25) is 9.76 Å². The summed E-state index contributed by atoms with van der Waals surface area (Å²) in [6.07, 6.45) is 37.5. The van der Waals surface area contributed by atoms with Gasteiger partial charge in [0.25, 0.3) is 0 Å². The zero-order chi connectivity index (χ0) is 49.2. The molecule has 4 atom stereocenters. The van der Waals surface area contributed by atoms with Crippen molar-refractivity contribution in [3.05, 3.63) is 12.2 Å². The average Bonchev–Trinajstić information content (AvgIpc) is 3.41. The summed E-state index contributed by atoms with van der Waals surface area (Å²) in [5.41, 5.74) is 0.680. The lowest BCUT2D eigenvalue weighted by molar-refractivity contribution is -0.139. The third kappa shape index (κ3) is 11.5. The van der Waals surface area contributed by atoms with Crippen LogP contribution in [0.15, 0.2) is 12.2 Å². The van der Waals surface area contributed by atoms with Crippen LogP contribution in [0.4, 0.5) is 0 Å². The fourth-order valence-corrected chi connectivity index (χ4v) is 64.7. The molecule has 0 amide bonds. The fraction of sp³-hybridized carbons (Fsp3) is 0.939. The number of ether oxygens (including phenoxy) is 1. The minimum Gasteiger partial charge on any atom is -0.462 e. The molecule has 72 heavy (non-hydrogen) atoms. The van der Waals surface area contributed by atoms with Crippen LogP contribution < -0.4 is 0 Å². The standard InChI is InChI=1S/C49H88O14Si9/c1-41(2)49(50)51-39-24-40-66(52-64-42-25-10-3-11-26-42)55-69(45-31-16-6-17-32-45)57-67(43-27-12-4-13-28-43)53-65-54-68(44-29-14-5-15-30-44)58-70(56-66,46-33-18-7-19-34-46)62-72(61-69,48-37-22-9-23-38-48)63-71(59-67,60-68)47-35-20-8-21-36-47/h42-48H,1,3-40H2,2H3. The summed E-state index contributed by atoms with van der Waals surface area (Å²) in [5, 5.41) is 0. The molecule has 14 nitrogen and oxygen atoms in total. The van der Waals surface area contributed by atoms with Gasteiger partial charge in [-0.3, -0.25) is 0 Å². The van der Waals surface area contributed by atoms with Crippen LogP contribution in [0.1, 0.15) is 238 Å². The molecule has 7 saturated carbocycles. The van der Waals surface area contributed by atoms with Crippen molar-refractivity contribution in [2.45, 2.75) is 283 Å². The molecule has 0 spiro atoms. The molecule has 0 aromatic heterocycles. The molecule has 0 aromatic rings. The molecule has 11 aliphatic rings. The Morgan fingerprint density at radius 1 is 0.444 bits per heavy atom. The molecule has 11 fully saturated rings. The Hall–Kier alpha value is 0.682. The molecule has 7 aliphatic carbocycles. The SMILES string of the molecule is C=C(C)C(=O)OCCC[Si]1(O[Si]C2CCCCC2)O[Si]2(C3CCCCC3)O[Si]3(C4CCCCC4)O[Si]O[Si]4(C5CCCCC5)O[Si](C5CCCCC5)(O1)O[Si](C1CCCCC1)(O2)O[Si](C1CCCCC1)(O3)O4. The highest BCUT2D eigenvalue weighted by atomic mass is 28.6. The second-order valence-electron chi connectivity index (χ2n) is 24.1. The zero-order valence-corrected chi connectivity index (χ0v) is 52.8. The van der Waals surface area contributed by atoms with Crippen molar-refractivity contribution in [1.82, 2.24) is 0 Å². The van der Waals surface area contributed by atoms with Crippen LogP contribution in [0.25, 0.3) is 0 Å². The van der Waals surface area contributed by atoms with Crippen LogP contribution in [0.2, 0.25) is 44.8 Å². The normalized spacial score (nSPS) is 41.1. The molecule has 4 saturated heterocycles. The van der Waals surface area contributed by atoms with E-state index in [4.69, 9.17) is 54.1 Å². The van der Waals surface area contributed by atoms with Crippen LogP contribution in [-0.4, -0.2) is 94.0 Å². The van der Waals surface area contributed by atoms with Gasteiger partial charge in [0.05, 0.1) is 6.61 Å². The summed E-state index contributed by atoms with van der Waals surface area (Å²) in [4.78, 5) is 13.1. The third-order valence-corrected chi connectivity index (χ3v) is 55.5. The van der Waals surface area contributed by atoms with Crippen molar-refractivity contribution < 1.29 is 58.9 Å². The van der Waals surface area contributed by atoms with Gasteiger partial charge in [-0.25, -0.2) is 4.79 Å². The number of rotatable bonds is 14. The monoisotopic (exact) mass is 1150 g/mol. The van der Waals surface area contributed by atoms with Gasteiger partial charge in [0.1, 0.15) is 0 Å². The summed E-state index contributed by atoms with van der Waals surface area (Å²) < 4.78 is 106. The third-order valence-electron chi connectivity index (χ3n) is 18.8. The molecular weight excluding hydrogens is 1070 g/mol. The lowest BCUT2D eigenvalue weighted by atomic mass is 10.0. The van der Waals surface area contributed by atoms with Gasteiger partial charge in [-0.1, -0.05) is 154 Å². The highest BCUT2D eigenvalue weighted by Gasteiger charge is 2.83. The first-order valence-corrected chi connectivity index (χ1v) is 44.3.